The lowest BCUT2D eigenvalue weighted by Crippen LogP contribution is -3.00. The van der Waals surface area contributed by atoms with Gasteiger partial charge in [0.25, 0.3) is 5.72 Å². The van der Waals surface area contributed by atoms with Gasteiger partial charge in [-0.1, -0.05) is 43.0 Å². The molecule has 1 saturated heterocycles. The number of ether oxygens (including phenoxy) is 1. The van der Waals surface area contributed by atoms with E-state index in [0.717, 1.165) is 0 Å². The first-order valence-electron chi connectivity index (χ1n) is 9.55. The average molecular weight is 468 g/mol. The molecule has 2 unspecified atom stereocenters. The number of hydrogen-bond donors (Lipinski definition) is 1. The summed E-state index contributed by atoms with van der Waals surface area (Å²) >= 11 is 0. The Labute approximate surface area is 185 Å². The number of cyclic esters (lactones) is 1. The van der Waals surface area contributed by atoms with Crippen LogP contribution >= 0.6 is 0 Å². The summed E-state index contributed by atoms with van der Waals surface area (Å²) in [4.78, 5) is 26.8. The second-order valence-corrected chi connectivity index (χ2v) is 7.64. The standard InChI is InChI=1S/C23H34NO4.BrH/c1-8-13-21(14-9-2)19(25)18-22(27,15-10-3)20(26)28-23(21,16-11-4)24(6,7)17-12-5;/h8-16,27H,5,17-18H2,1-4,6-7H3;1H/q+1;/p-1. The second-order valence-electron chi connectivity index (χ2n) is 7.64. The van der Waals surface area contributed by atoms with E-state index in [1.54, 1.807) is 55.5 Å². The molecule has 0 amide bonds. The number of carbonyl (C=O) groups is 2. The topological polar surface area (TPSA) is 63.6 Å². The predicted octanol–water partition coefficient (Wildman–Crippen LogP) is 0.487. The first-order valence-corrected chi connectivity index (χ1v) is 9.55. The molecule has 0 aromatic rings. The molecule has 1 N–H and O–H groups in total. The number of quaternary nitrogens is 1. The smallest absolute Gasteiger partial charge is 0.347 e. The summed E-state index contributed by atoms with van der Waals surface area (Å²) in [5.74, 6) is -1.15. The van der Waals surface area contributed by atoms with Crippen molar-refractivity contribution in [2.24, 2.45) is 5.41 Å². The van der Waals surface area contributed by atoms with Crippen LogP contribution in [-0.4, -0.2) is 53.3 Å². The molecule has 6 heteroatoms. The SMILES string of the molecule is C=CC[N+](C)(C)C1(C=CC)OC(=O)C(O)(C=CC)CC(=O)C1(C=CC)C=CC.[Br-]. The van der Waals surface area contributed by atoms with E-state index in [0.29, 0.717) is 6.54 Å². The Morgan fingerprint density at radius 2 is 1.48 bits per heavy atom. The van der Waals surface area contributed by atoms with Gasteiger partial charge in [-0.25, -0.2) is 4.79 Å². The molecule has 1 fully saturated rings. The molecular weight excluding hydrogens is 434 g/mol. The lowest BCUT2D eigenvalue weighted by atomic mass is 9.69. The molecule has 0 aromatic heterocycles. The van der Waals surface area contributed by atoms with Crippen molar-refractivity contribution in [2.75, 3.05) is 20.6 Å². The molecule has 1 aliphatic rings. The van der Waals surface area contributed by atoms with Gasteiger partial charge in [0.2, 0.25) is 0 Å². The van der Waals surface area contributed by atoms with Gasteiger partial charge in [0.1, 0.15) is 6.54 Å². The van der Waals surface area contributed by atoms with Crippen molar-refractivity contribution >= 4 is 11.8 Å². The molecule has 0 aliphatic carbocycles. The zero-order valence-electron chi connectivity index (χ0n) is 18.3. The average Bonchev–Trinajstić information content (AvgIpc) is 2.65. The van der Waals surface area contributed by atoms with Gasteiger partial charge in [0.05, 0.1) is 20.5 Å². The van der Waals surface area contributed by atoms with E-state index in [2.05, 4.69) is 6.58 Å². The van der Waals surface area contributed by atoms with Crippen LogP contribution in [-0.2, 0) is 14.3 Å². The number of rotatable bonds is 7. The molecule has 0 aromatic carbocycles. The summed E-state index contributed by atoms with van der Waals surface area (Å²) in [5, 5.41) is 11.0. The van der Waals surface area contributed by atoms with Crippen LogP contribution in [0.5, 0.6) is 0 Å². The first-order chi connectivity index (χ1) is 13.1. The number of aliphatic hydroxyl groups is 1. The monoisotopic (exact) mass is 467 g/mol. The Morgan fingerprint density at radius 3 is 1.90 bits per heavy atom. The van der Waals surface area contributed by atoms with Gasteiger partial charge in [-0.2, -0.15) is 0 Å². The maximum Gasteiger partial charge on any atom is 0.347 e. The van der Waals surface area contributed by atoms with Crippen LogP contribution in [0.1, 0.15) is 34.1 Å². The van der Waals surface area contributed by atoms with Crippen LogP contribution in [0.15, 0.2) is 61.3 Å². The van der Waals surface area contributed by atoms with Gasteiger partial charge in [0, 0.05) is 6.08 Å². The molecule has 0 bridgehead atoms. The molecule has 1 aliphatic heterocycles. The third kappa shape index (κ3) is 4.55. The van der Waals surface area contributed by atoms with Crippen LogP contribution < -0.4 is 17.0 Å². The third-order valence-electron chi connectivity index (χ3n) is 5.26. The van der Waals surface area contributed by atoms with E-state index in [4.69, 9.17) is 4.74 Å². The Morgan fingerprint density at radius 1 is 1.00 bits per heavy atom. The minimum atomic E-state index is -2.02. The van der Waals surface area contributed by atoms with Crippen LogP contribution in [0, 0.1) is 5.41 Å². The minimum absolute atomic E-state index is 0. The van der Waals surface area contributed by atoms with Gasteiger partial charge in [-0.05, 0) is 39.8 Å². The fourth-order valence-electron chi connectivity index (χ4n) is 4.07. The van der Waals surface area contributed by atoms with Crippen LogP contribution in [0.3, 0.4) is 0 Å². The Kier molecular flexibility index (Phi) is 9.70. The fourth-order valence-corrected chi connectivity index (χ4v) is 4.07. The maximum absolute atomic E-state index is 13.7. The molecule has 1 rings (SSSR count). The Hall–Kier alpha value is -1.76. The first kappa shape index (κ1) is 27.2. The maximum atomic E-state index is 13.7. The highest BCUT2D eigenvalue weighted by molar-refractivity contribution is 5.98. The zero-order valence-corrected chi connectivity index (χ0v) is 19.9. The number of hydrogen-bond acceptors (Lipinski definition) is 4. The highest BCUT2D eigenvalue weighted by Gasteiger charge is 2.68. The van der Waals surface area contributed by atoms with Gasteiger partial charge in [-0.15, -0.1) is 0 Å². The van der Waals surface area contributed by atoms with Gasteiger partial charge < -0.3 is 26.8 Å². The van der Waals surface area contributed by atoms with E-state index in [1.807, 2.05) is 34.9 Å². The summed E-state index contributed by atoms with van der Waals surface area (Å²) in [7, 11) is 3.76. The van der Waals surface area contributed by atoms with Gasteiger partial charge in [0.15, 0.2) is 16.8 Å². The number of nitrogens with zero attached hydrogens (tertiary/aromatic N) is 1. The van der Waals surface area contributed by atoms with Crippen molar-refractivity contribution in [3.8, 4) is 0 Å². The van der Waals surface area contributed by atoms with E-state index >= 15 is 0 Å². The lowest BCUT2D eigenvalue weighted by Gasteiger charge is -2.51. The molecule has 2 atom stereocenters. The third-order valence-corrected chi connectivity index (χ3v) is 5.26. The Balaban J connectivity index is 0.00000784. The number of likely N-dealkylation sites (N-methyl/N-ethyl adjacent to an activating group) is 1. The summed E-state index contributed by atoms with van der Waals surface area (Å²) in [6.07, 6.45) is 14.8. The molecule has 5 nitrogen and oxygen atoms in total. The summed E-state index contributed by atoms with van der Waals surface area (Å²) in [6.45, 7) is 11.4. The molecule has 29 heavy (non-hydrogen) atoms. The largest absolute Gasteiger partial charge is 1.00 e. The van der Waals surface area contributed by atoms with Crippen molar-refractivity contribution in [2.45, 2.75) is 45.4 Å². The van der Waals surface area contributed by atoms with Crippen LogP contribution in [0.2, 0.25) is 0 Å². The van der Waals surface area contributed by atoms with E-state index < -0.39 is 22.7 Å². The summed E-state index contributed by atoms with van der Waals surface area (Å²) in [6, 6.07) is 0. The number of carbonyl (C=O) groups excluding carboxylic acids is 2. The molecular formula is C23H34BrNO4. The Bertz CT molecular complexity index is 723. The highest BCUT2D eigenvalue weighted by Crippen LogP contribution is 2.49. The van der Waals surface area contributed by atoms with E-state index in [-0.39, 0.29) is 33.7 Å². The van der Waals surface area contributed by atoms with Crippen LogP contribution in [0.25, 0.3) is 0 Å². The molecule has 162 valence electrons. The van der Waals surface area contributed by atoms with Crippen molar-refractivity contribution < 1.29 is 40.9 Å². The van der Waals surface area contributed by atoms with Gasteiger partial charge in [-0.3, -0.25) is 9.28 Å². The van der Waals surface area contributed by atoms with Crippen molar-refractivity contribution in [3.63, 3.8) is 0 Å². The molecule has 0 spiro atoms. The normalized spacial score (nSPS) is 31.4. The quantitative estimate of drug-likeness (QED) is 0.336. The van der Waals surface area contributed by atoms with Crippen molar-refractivity contribution in [3.05, 3.63) is 61.3 Å². The van der Waals surface area contributed by atoms with Gasteiger partial charge >= 0.3 is 5.97 Å². The van der Waals surface area contributed by atoms with E-state index in [1.165, 1.54) is 6.08 Å². The van der Waals surface area contributed by atoms with Crippen molar-refractivity contribution in [1.82, 2.24) is 0 Å². The lowest BCUT2D eigenvalue weighted by molar-refractivity contribution is -0.957. The fraction of sp³-hybridized carbons (Fsp3) is 0.478. The van der Waals surface area contributed by atoms with Crippen LogP contribution in [0.4, 0.5) is 0 Å². The molecule has 0 radical (unpaired) electrons. The zero-order chi connectivity index (χ0) is 21.6. The minimum Gasteiger partial charge on any atom is -1.00 e. The number of esters is 1. The molecule has 1 heterocycles. The second kappa shape index (κ2) is 10.3. The summed E-state index contributed by atoms with van der Waals surface area (Å²) < 4.78 is 6.21. The number of allylic oxidation sites excluding steroid dienone is 4. The number of halogens is 1. The molecule has 0 saturated carbocycles. The summed E-state index contributed by atoms with van der Waals surface area (Å²) in [5.41, 5.74) is -4.72. The number of Topliss-reactive ketones (excluding diaryl/α,β-unsaturated/α-hetero) is 1. The highest BCUT2D eigenvalue weighted by atomic mass is 79.9. The van der Waals surface area contributed by atoms with Crippen molar-refractivity contribution in [1.29, 1.82) is 0 Å². The number of ketones is 1. The predicted molar refractivity (Wildman–Crippen MR) is 112 cm³/mol. The van der Waals surface area contributed by atoms with E-state index in [9.17, 15) is 14.7 Å².